The second-order valence-electron chi connectivity index (χ2n) is 5.69. The monoisotopic (exact) mass is 230 g/mol. The van der Waals surface area contributed by atoms with E-state index in [1.807, 2.05) is 20.8 Å². The number of aliphatic hydroxyl groups is 1. The normalized spacial score (nSPS) is 15.6. The molecule has 3 nitrogen and oxygen atoms in total. The van der Waals surface area contributed by atoms with Crippen LogP contribution < -0.4 is 0 Å². The number of hydrogen-bond acceptors (Lipinski definition) is 3. The zero-order chi connectivity index (χ0) is 12.8. The maximum absolute atomic E-state index is 10.9. The Morgan fingerprint density at radius 1 is 1.38 bits per heavy atom. The van der Waals surface area contributed by atoms with Crippen LogP contribution >= 0.6 is 0 Å². The minimum atomic E-state index is -0.277. The van der Waals surface area contributed by atoms with Crippen molar-refractivity contribution < 1.29 is 14.6 Å². The lowest BCUT2D eigenvalue weighted by atomic mass is 9.83. The number of aliphatic hydroxyl groups excluding tert-OH is 1. The largest absolute Gasteiger partial charge is 0.469 e. The second kappa shape index (κ2) is 6.89. The summed E-state index contributed by atoms with van der Waals surface area (Å²) in [6.45, 7) is 8.24. The third-order valence-corrected chi connectivity index (χ3v) is 2.93. The van der Waals surface area contributed by atoms with E-state index in [0.29, 0.717) is 12.3 Å². The molecule has 0 aromatic rings. The average Bonchev–Trinajstić information content (AvgIpc) is 2.15. The Balaban J connectivity index is 3.74. The minimum Gasteiger partial charge on any atom is -0.469 e. The maximum atomic E-state index is 10.9. The third kappa shape index (κ3) is 6.83. The first-order valence-corrected chi connectivity index (χ1v) is 6.02. The van der Waals surface area contributed by atoms with E-state index >= 15 is 0 Å². The Hall–Kier alpha value is -0.570. The Morgan fingerprint density at radius 3 is 2.38 bits per heavy atom. The summed E-state index contributed by atoms with van der Waals surface area (Å²) in [4.78, 5) is 10.9. The first-order chi connectivity index (χ1) is 7.27. The van der Waals surface area contributed by atoms with Crippen LogP contribution in [0.2, 0.25) is 0 Å². The maximum Gasteiger partial charge on any atom is 0.305 e. The van der Waals surface area contributed by atoms with E-state index in [-0.39, 0.29) is 17.5 Å². The van der Waals surface area contributed by atoms with E-state index in [0.717, 1.165) is 19.3 Å². The topological polar surface area (TPSA) is 46.5 Å². The molecule has 1 N–H and O–H groups in total. The van der Waals surface area contributed by atoms with Crippen molar-refractivity contribution in [1.82, 2.24) is 0 Å². The van der Waals surface area contributed by atoms with Crippen molar-refractivity contribution in [2.24, 2.45) is 11.3 Å². The molecule has 0 bridgehead atoms. The van der Waals surface area contributed by atoms with Crippen molar-refractivity contribution in [1.29, 1.82) is 0 Å². The third-order valence-electron chi connectivity index (χ3n) is 2.93. The van der Waals surface area contributed by atoms with E-state index < -0.39 is 0 Å². The molecule has 0 aromatic carbocycles. The van der Waals surface area contributed by atoms with Gasteiger partial charge in [-0.3, -0.25) is 4.79 Å². The predicted molar refractivity (Wildman–Crippen MR) is 65.1 cm³/mol. The molecule has 0 aromatic heterocycles. The van der Waals surface area contributed by atoms with Gasteiger partial charge in [-0.05, 0) is 24.2 Å². The van der Waals surface area contributed by atoms with Crippen LogP contribution in [0.3, 0.4) is 0 Å². The zero-order valence-corrected chi connectivity index (χ0v) is 11.2. The van der Waals surface area contributed by atoms with E-state index in [2.05, 4.69) is 11.7 Å². The molecule has 0 aliphatic rings. The highest BCUT2D eigenvalue weighted by Crippen LogP contribution is 2.26. The van der Waals surface area contributed by atoms with Gasteiger partial charge in [0.25, 0.3) is 0 Å². The highest BCUT2D eigenvalue weighted by atomic mass is 16.5. The smallest absolute Gasteiger partial charge is 0.305 e. The van der Waals surface area contributed by atoms with Crippen molar-refractivity contribution in [3.63, 3.8) is 0 Å². The van der Waals surface area contributed by atoms with Crippen molar-refractivity contribution >= 4 is 5.97 Å². The van der Waals surface area contributed by atoms with E-state index in [9.17, 15) is 9.90 Å². The fraction of sp³-hybridized carbons (Fsp3) is 0.923. The molecule has 96 valence electrons. The highest BCUT2D eigenvalue weighted by molar-refractivity contribution is 5.68. The SMILES string of the molecule is COC(=O)CCC[C@@H](C)C[C@@H](O)C(C)(C)C. The van der Waals surface area contributed by atoms with Crippen LogP contribution in [0.4, 0.5) is 0 Å². The van der Waals surface area contributed by atoms with Gasteiger partial charge in [-0.1, -0.05) is 34.1 Å². The van der Waals surface area contributed by atoms with Gasteiger partial charge in [-0.25, -0.2) is 0 Å². The van der Waals surface area contributed by atoms with Gasteiger partial charge in [0.1, 0.15) is 0 Å². The number of carbonyl (C=O) groups excluding carboxylic acids is 1. The molecule has 0 fully saturated rings. The van der Waals surface area contributed by atoms with Crippen LogP contribution in [0.15, 0.2) is 0 Å². The lowest BCUT2D eigenvalue weighted by Gasteiger charge is -2.28. The van der Waals surface area contributed by atoms with E-state index in [4.69, 9.17) is 0 Å². The molecule has 0 radical (unpaired) electrons. The molecule has 0 amide bonds. The lowest BCUT2D eigenvalue weighted by molar-refractivity contribution is -0.140. The number of carbonyl (C=O) groups is 1. The van der Waals surface area contributed by atoms with Crippen LogP contribution in [-0.4, -0.2) is 24.3 Å². The highest BCUT2D eigenvalue weighted by Gasteiger charge is 2.23. The standard InChI is InChI=1S/C13H26O3/c1-10(7-6-8-12(15)16-5)9-11(14)13(2,3)4/h10-11,14H,6-9H2,1-5H3/t10-,11-/m1/s1. The van der Waals surface area contributed by atoms with Crippen LogP contribution in [0.1, 0.15) is 53.4 Å². The molecule has 2 atom stereocenters. The molecule has 0 heterocycles. The molecule has 0 spiro atoms. The van der Waals surface area contributed by atoms with Crippen LogP contribution in [-0.2, 0) is 9.53 Å². The molecule has 0 saturated heterocycles. The number of rotatable bonds is 6. The molecule has 0 saturated carbocycles. The van der Waals surface area contributed by atoms with Gasteiger partial charge in [0.2, 0.25) is 0 Å². The summed E-state index contributed by atoms with van der Waals surface area (Å²) in [7, 11) is 1.41. The zero-order valence-electron chi connectivity index (χ0n) is 11.2. The summed E-state index contributed by atoms with van der Waals surface area (Å²) in [5.41, 5.74) is -0.0589. The average molecular weight is 230 g/mol. The van der Waals surface area contributed by atoms with Crippen LogP contribution in [0.5, 0.6) is 0 Å². The molecule has 0 unspecified atom stereocenters. The van der Waals surface area contributed by atoms with E-state index in [1.54, 1.807) is 0 Å². The summed E-state index contributed by atoms with van der Waals surface area (Å²) < 4.78 is 4.58. The Bertz CT molecular complexity index is 206. The molecule has 0 aliphatic heterocycles. The predicted octanol–water partition coefficient (Wildman–Crippen LogP) is 2.76. The molecule has 0 rings (SSSR count). The van der Waals surface area contributed by atoms with Crippen molar-refractivity contribution in [3.8, 4) is 0 Å². The summed E-state index contributed by atoms with van der Waals surface area (Å²) in [5, 5.41) is 9.92. The summed E-state index contributed by atoms with van der Waals surface area (Å²) in [6.07, 6.45) is 2.80. The molecular weight excluding hydrogens is 204 g/mol. The van der Waals surface area contributed by atoms with Gasteiger partial charge in [0.05, 0.1) is 13.2 Å². The lowest BCUT2D eigenvalue weighted by Crippen LogP contribution is -2.27. The first-order valence-electron chi connectivity index (χ1n) is 6.02. The van der Waals surface area contributed by atoms with Gasteiger partial charge in [0.15, 0.2) is 0 Å². The van der Waals surface area contributed by atoms with Gasteiger partial charge in [-0.15, -0.1) is 0 Å². The quantitative estimate of drug-likeness (QED) is 0.714. The number of hydrogen-bond donors (Lipinski definition) is 1. The van der Waals surface area contributed by atoms with Gasteiger partial charge < -0.3 is 9.84 Å². The van der Waals surface area contributed by atoms with Crippen LogP contribution in [0, 0.1) is 11.3 Å². The van der Waals surface area contributed by atoms with Crippen molar-refractivity contribution in [3.05, 3.63) is 0 Å². The molecule has 3 heteroatoms. The first kappa shape index (κ1) is 15.4. The van der Waals surface area contributed by atoms with Gasteiger partial charge in [0, 0.05) is 6.42 Å². The summed E-state index contributed by atoms with van der Waals surface area (Å²) in [5.74, 6) is 0.294. The fourth-order valence-electron chi connectivity index (χ4n) is 1.55. The Morgan fingerprint density at radius 2 is 1.94 bits per heavy atom. The van der Waals surface area contributed by atoms with Gasteiger partial charge in [-0.2, -0.15) is 0 Å². The summed E-state index contributed by atoms with van der Waals surface area (Å²) in [6, 6.07) is 0. The molecule has 16 heavy (non-hydrogen) atoms. The van der Waals surface area contributed by atoms with Crippen molar-refractivity contribution in [2.75, 3.05) is 7.11 Å². The summed E-state index contributed by atoms with van der Waals surface area (Å²) >= 11 is 0. The van der Waals surface area contributed by atoms with Crippen LogP contribution in [0.25, 0.3) is 0 Å². The number of esters is 1. The number of methoxy groups -OCH3 is 1. The van der Waals surface area contributed by atoms with Gasteiger partial charge >= 0.3 is 5.97 Å². The second-order valence-corrected chi connectivity index (χ2v) is 5.69. The Labute approximate surface area is 99.2 Å². The van der Waals surface area contributed by atoms with Crippen molar-refractivity contribution in [2.45, 2.75) is 59.5 Å². The van der Waals surface area contributed by atoms with E-state index in [1.165, 1.54) is 7.11 Å². The molecule has 0 aliphatic carbocycles. The fourth-order valence-corrected chi connectivity index (χ4v) is 1.55. The molecular formula is C13H26O3. The number of ether oxygens (including phenoxy) is 1. The Kier molecular flexibility index (Phi) is 6.65. The minimum absolute atomic E-state index is 0.0589.